The lowest BCUT2D eigenvalue weighted by molar-refractivity contribution is 0.0569. The molecule has 0 aliphatic carbocycles. The van der Waals surface area contributed by atoms with Gasteiger partial charge < -0.3 is 9.72 Å². The maximum absolute atomic E-state index is 12.0. The third-order valence-electron chi connectivity index (χ3n) is 3.64. The fourth-order valence-corrected chi connectivity index (χ4v) is 3.24. The second kappa shape index (κ2) is 7.56. The standard InChI is InChI=1S/C18H21N5O4S/c1-18(2,3)27-17(24)23-28(25,26)22-10-12-5-4-6-13(9-12)15-14-7-8-19-16(14)21-11-20-15/h4-9,11,22H,10H2,1-3H3,(H,23,24)(H,19,20,21). The fraction of sp³-hybridized carbons (Fsp3) is 0.278. The van der Waals surface area contributed by atoms with E-state index in [1.807, 2.05) is 22.9 Å². The number of aromatic nitrogens is 3. The first-order valence-corrected chi connectivity index (χ1v) is 9.99. The highest BCUT2D eigenvalue weighted by molar-refractivity contribution is 7.88. The van der Waals surface area contributed by atoms with Crippen LogP contribution in [0.2, 0.25) is 0 Å². The summed E-state index contributed by atoms with van der Waals surface area (Å²) in [5, 5.41) is 0.867. The summed E-state index contributed by atoms with van der Waals surface area (Å²) in [6.45, 7) is 4.93. The van der Waals surface area contributed by atoms with Gasteiger partial charge in [-0.2, -0.15) is 13.1 Å². The van der Waals surface area contributed by atoms with Gasteiger partial charge in [-0.3, -0.25) is 0 Å². The zero-order valence-corrected chi connectivity index (χ0v) is 16.5. The van der Waals surface area contributed by atoms with Crippen molar-refractivity contribution in [2.24, 2.45) is 0 Å². The summed E-state index contributed by atoms with van der Waals surface area (Å²) in [5.74, 6) is 0. The van der Waals surface area contributed by atoms with Crippen LogP contribution in [0.1, 0.15) is 26.3 Å². The Balaban J connectivity index is 1.71. The van der Waals surface area contributed by atoms with Crippen LogP contribution in [-0.2, 0) is 21.5 Å². The molecule has 0 radical (unpaired) electrons. The van der Waals surface area contributed by atoms with Gasteiger partial charge in [-0.05, 0) is 38.5 Å². The molecule has 0 spiro atoms. The Labute approximate surface area is 162 Å². The lowest BCUT2D eigenvalue weighted by atomic mass is 10.1. The molecule has 0 saturated carbocycles. The van der Waals surface area contributed by atoms with Gasteiger partial charge in [-0.1, -0.05) is 18.2 Å². The number of fused-ring (bicyclic) bond motifs is 1. The Bertz CT molecular complexity index is 1100. The molecule has 2 heterocycles. The lowest BCUT2D eigenvalue weighted by Gasteiger charge is -2.19. The van der Waals surface area contributed by atoms with Crippen molar-refractivity contribution in [3.05, 3.63) is 48.4 Å². The summed E-state index contributed by atoms with van der Waals surface area (Å²) >= 11 is 0. The molecule has 10 heteroatoms. The molecule has 0 aliphatic heterocycles. The minimum absolute atomic E-state index is 0.00661. The Morgan fingerprint density at radius 3 is 2.75 bits per heavy atom. The molecule has 0 fully saturated rings. The number of carbonyl (C=O) groups excluding carboxylic acids is 1. The smallest absolute Gasteiger partial charge is 0.422 e. The van der Waals surface area contributed by atoms with Gasteiger partial charge in [0.15, 0.2) is 0 Å². The van der Waals surface area contributed by atoms with Crippen molar-refractivity contribution in [2.45, 2.75) is 32.9 Å². The molecule has 3 aromatic rings. The lowest BCUT2D eigenvalue weighted by Crippen LogP contribution is -2.42. The predicted molar refractivity (Wildman–Crippen MR) is 104 cm³/mol. The summed E-state index contributed by atoms with van der Waals surface area (Å²) in [4.78, 5) is 23.2. The SMILES string of the molecule is CC(C)(C)OC(=O)NS(=O)(=O)NCc1cccc(-c2ncnc3[nH]ccc23)c1. The first kappa shape index (κ1) is 19.8. The average molecular weight is 403 g/mol. The second-order valence-electron chi connectivity index (χ2n) is 7.09. The summed E-state index contributed by atoms with van der Waals surface area (Å²) in [6.07, 6.45) is 2.21. The van der Waals surface area contributed by atoms with Crippen molar-refractivity contribution in [3.8, 4) is 11.3 Å². The van der Waals surface area contributed by atoms with E-state index in [0.717, 1.165) is 22.3 Å². The van der Waals surface area contributed by atoms with Crippen molar-refractivity contribution in [1.29, 1.82) is 0 Å². The van der Waals surface area contributed by atoms with E-state index in [2.05, 4.69) is 19.7 Å². The van der Waals surface area contributed by atoms with E-state index in [0.29, 0.717) is 5.56 Å². The van der Waals surface area contributed by atoms with Gasteiger partial charge in [-0.15, -0.1) is 0 Å². The van der Waals surface area contributed by atoms with E-state index in [4.69, 9.17) is 4.74 Å². The highest BCUT2D eigenvalue weighted by atomic mass is 32.2. The molecule has 9 nitrogen and oxygen atoms in total. The molecule has 0 bridgehead atoms. The molecule has 2 aromatic heterocycles. The molecule has 1 aromatic carbocycles. The number of carbonyl (C=O) groups is 1. The van der Waals surface area contributed by atoms with Gasteiger partial charge in [0, 0.05) is 23.7 Å². The number of nitrogens with one attached hydrogen (secondary N) is 3. The van der Waals surface area contributed by atoms with Crippen LogP contribution in [0.25, 0.3) is 22.3 Å². The van der Waals surface area contributed by atoms with Crippen molar-refractivity contribution in [3.63, 3.8) is 0 Å². The number of amides is 1. The van der Waals surface area contributed by atoms with E-state index in [1.54, 1.807) is 39.1 Å². The Hall–Kier alpha value is -2.98. The third kappa shape index (κ3) is 5.05. The Morgan fingerprint density at radius 2 is 2.00 bits per heavy atom. The molecule has 0 atom stereocenters. The number of benzene rings is 1. The normalized spacial score (nSPS) is 12.1. The van der Waals surface area contributed by atoms with Gasteiger partial charge in [0.2, 0.25) is 0 Å². The molecule has 3 rings (SSSR count). The third-order valence-corrected chi connectivity index (χ3v) is 4.60. The molecule has 148 valence electrons. The number of hydrogen-bond acceptors (Lipinski definition) is 6. The quantitative estimate of drug-likeness (QED) is 0.601. The van der Waals surface area contributed by atoms with Gasteiger partial charge in [0.05, 0.1) is 5.69 Å². The van der Waals surface area contributed by atoms with Crippen LogP contribution in [0.5, 0.6) is 0 Å². The van der Waals surface area contributed by atoms with Crippen LogP contribution >= 0.6 is 0 Å². The van der Waals surface area contributed by atoms with Gasteiger partial charge in [0.25, 0.3) is 0 Å². The zero-order valence-electron chi connectivity index (χ0n) is 15.7. The van der Waals surface area contributed by atoms with Crippen LogP contribution in [-0.4, -0.2) is 35.1 Å². The van der Waals surface area contributed by atoms with E-state index in [1.165, 1.54) is 6.33 Å². The minimum atomic E-state index is -4.06. The maximum atomic E-state index is 12.0. The molecular formula is C18H21N5O4S. The topological polar surface area (TPSA) is 126 Å². The molecule has 0 saturated heterocycles. The van der Waals surface area contributed by atoms with Crippen LogP contribution in [0.15, 0.2) is 42.9 Å². The summed E-state index contributed by atoms with van der Waals surface area (Å²) in [5.41, 5.74) is 2.19. The van der Waals surface area contributed by atoms with Crippen LogP contribution in [0, 0.1) is 0 Å². The summed E-state index contributed by atoms with van der Waals surface area (Å²) in [7, 11) is -4.06. The summed E-state index contributed by atoms with van der Waals surface area (Å²) in [6, 6.07) is 9.16. The van der Waals surface area contributed by atoms with Crippen LogP contribution < -0.4 is 9.44 Å². The van der Waals surface area contributed by atoms with Crippen LogP contribution in [0.3, 0.4) is 0 Å². The number of aromatic amines is 1. The first-order chi connectivity index (χ1) is 13.1. The zero-order chi connectivity index (χ0) is 20.4. The highest BCUT2D eigenvalue weighted by Crippen LogP contribution is 2.25. The van der Waals surface area contributed by atoms with Crippen molar-refractivity contribution in [2.75, 3.05) is 0 Å². The van der Waals surface area contributed by atoms with Gasteiger partial charge in [-0.25, -0.2) is 19.5 Å². The van der Waals surface area contributed by atoms with Gasteiger partial charge in [0.1, 0.15) is 17.6 Å². The number of nitrogens with zero attached hydrogens (tertiary/aromatic N) is 2. The Morgan fingerprint density at radius 1 is 1.21 bits per heavy atom. The molecule has 0 unspecified atom stereocenters. The fourth-order valence-electron chi connectivity index (χ4n) is 2.55. The first-order valence-electron chi connectivity index (χ1n) is 8.51. The van der Waals surface area contributed by atoms with Crippen molar-refractivity contribution < 1.29 is 17.9 Å². The molecule has 3 N–H and O–H groups in total. The van der Waals surface area contributed by atoms with Crippen LogP contribution in [0.4, 0.5) is 4.79 Å². The monoisotopic (exact) mass is 403 g/mol. The van der Waals surface area contributed by atoms with E-state index in [-0.39, 0.29) is 6.54 Å². The van der Waals surface area contributed by atoms with E-state index in [9.17, 15) is 13.2 Å². The number of hydrogen-bond donors (Lipinski definition) is 3. The molecular weight excluding hydrogens is 382 g/mol. The predicted octanol–water partition coefficient (Wildman–Crippen LogP) is 2.48. The average Bonchev–Trinajstić information content (AvgIpc) is 3.07. The minimum Gasteiger partial charge on any atom is -0.443 e. The maximum Gasteiger partial charge on any atom is 0.422 e. The molecule has 28 heavy (non-hydrogen) atoms. The molecule has 1 amide bonds. The number of rotatable bonds is 5. The van der Waals surface area contributed by atoms with Crippen molar-refractivity contribution in [1.82, 2.24) is 24.4 Å². The molecule has 0 aliphatic rings. The van der Waals surface area contributed by atoms with E-state index >= 15 is 0 Å². The number of ether oxygens (including phenoxy) is 1. The van der Waals surface area contributed by atoms with Gasteiger partial charge >= 0.3 is 16.3 Å². The largest absolute Gasteiger partial charge is 0.443 e. The van der Waals surface area contributed by atoms with E-state index < -0.39 is 21.9 Å². The second-order valence-corrected chi connectivity index (χ2v) is 8.59. The van der Waals surface area contributed by atoms with Crippen molar-refractivity contribution >= 4 is 27.3 Å². The number of H-pyrrole nitrogens is 1. The Kier molecular flexibility index (Phi) is 5.34. The highest BCUT2D eigenvalue weighted by Gasteiger charge is 2.21. The summed E-state index contributed by atoms with van der Waals surface area (Å²) < 4.78 is 33.2.